The molecule has 1 amide bonds. The normalized spacial score (nSPS) is 15.1. The summed E-state index contributed by atoms with van der Waals surface area (Å²) in [7, 11) is 1.57. The standard InChI is InChI=1S/C21H19NO5S2/c1-26-16-8-7-15(11-17(16)27-13-14-5-3-2-4-6-14)12-18-20(25)22(21(28)29-18)10-9-19(23)24/h2-8,11-12H,9-10,13H2,1H3,(H,23,24)/b18-12-. The lowest BCUT2D eigenvalue weighted by Crippen LogP contribution is -2.30. The molecule has 0 unspecified atom stereocenters. The molecule has 8 heteroatoms. The van der Waals surface area contributed by atoms with Gasteiger partial charge in [-0.3, -0.25) is 14.5 Å². The van der Waals surface area contributed by atoms with Gasteiger partial charge in [0.15, 0.2) is 11.5 Å². The molecule has 0 bridgehead atoms. The maximum atomic E-state index is 12.6. The molecule has 2 aromatic rings. The fraction of sp³-hybridized carbons (Fsp3) is 0.190. The Morgan fingerprint density at radius 1 is 1.21 bits per heavy atom. The van der Waals surface area contributed by atoms with Gasteiger partial charge in [-0.2, -0.15) is 0 Å². The average molecular weight is 430 g/mol. The van der Waals surface area contributed by atoms with Crippen LogP contribution in [0.2, 0.25) is 0 Å². The SMILES string of the molecule is COc1ccc(/C=C2\SC(=S)N(CCC(=O)O)C2=O)cc1OCc1ccccc1. The Balaban J connectivity index is 1.77. The van der Waals surface area contributed by atoms with E-state index in [0.717, 1.165) is 22.9 Å². The van der Waals surface area contributed by atoms with Crippen LogP contribution >= 0.6 is 24.0 Å². The summed E-state index contributed by atoms with van der Waals surface area (Å²) in [5.74, 6) is -0.110. The van der Waals surface area contributed by atoms with Gasteiger partial charge in [0.1, 0.15) is 10.9 Å². The molecule has 2 aromatic carbocycles. The van der Waals surface area contributed by atoms with Crippen molar-refractivity contribution in [1.82, 2.24) is 4.90 Å². The first-order valence-corrected chi connectivity index (χ1v) is 10.0. The van der Waals surface area contributed by atoms with Crippen LogP contribution in [-0.4, -0.2) is 39.9 Å². The molecular weight excluding hydrogens is 410 g/mol. The second kappa shape index (κ2) is 9.58. The fourth-order valence-corrected chi connectivity index (χ4v) is 3.99. The van der Waals surface area contributed by atoms with Crippen LogP contribution in [0.15, 0.2) is 53.4 Å². The molecule has 3 rings (SSSR count). The number of carboxylic acid groups (broad SMARTS) is 1. The van der Waals surface area contributed by atoms with Crippen molar-refractivity contribution in [2.45, 2.75) is 13.0 Å². The Morgan fingerprint density at radius 3 is 2.66 bits per heavy atom. The molecule has 1 N–H and O–H groups in total. The lowest BCUT2D eigenvalue weighted by Gasteiger charge is -2.12. The second-order valence-electron chi connectivity index (χ2n) is 6.16. The topological polar surface area (TPSA) is 76.1 Å². The Bertz CT molecular complexity index is 959. The molecule has 0 atom stereocenters. The highest BCUT2D eigenvalue weighted by Gasteiger charge is 2.32. The summed E-state index contributed by atoms with van der Waals surface area (Å²) >= 11 is 6.37. The van der Waals surface area contributed by atoms with E-state index in [2.05, 4.69) is 0 Å². The number of carbonyl (C=O) groups is 2. The highest BCUT2D eigenvalue weighted by Crippen LogP contribution is 2.35. The fourth-order valence-electron chi connectivity index (χ4n) is 2.68. The Hall–Kier alpha value is -2.84. The summed E-state index contributed by atoms with van der Waals surface area (Å²) in [6, 6.07) is 15.2. The Kier molecular flexibility index (Phi) is 6.90. The first-order valence-electron chi connectivity index (χ1n) is 8.80. The maximum Gasteiger partial charge on any atom is 0.305 e. The van der Waals surface area contributed by atoms with E-state index in [4.69, 9.17) is 26.8 Å². The van der Waals surface area contributed by atoms with Gasteiger partial charge < -0.3 is 14.6 Å². The predicted molar refractivity (Wildman–Crippen MR) is 116 cm³/mol. The molecule has 6 nitrogen and oxygen atoms in total. The molecule has 150 valence electrons. The first kappa shape index (κ1) is 20.9. The zero-order valence-electron chi connectivity index (χ0n) is 15.7. The second-order valence-corrected chi connectivity index (χ2v) is 7.84. The monoisotopic (exact) mass is 429 g/mol. The van der Waals surface area contributed by atoms with Crippen LogP contribution in [-0.2, 0) is 16.2 Å². The van der Waals surface area contributed by atoms with Crippen molar-refractivity contribution < 1.29 is 24.2 Å². The van der Waals surface area contributed by atoms with Gasteiger partial charge in [0.25, 0.3) is 5.91 Å². The number of ether oxygens (including phenoxy) is 2. The van der Waals surface area contributed by atoms with Crippen LogP contribution in [0.4, 0.5) is 0 Å². The third kappa shape index (κ3) is 5.36. The minimum Gasteiger partial charge on any atom is -0.493 e. The lowest BCUT2D eigenvalue weighted by atomic mass is 10.1. The molecule has 1 heterocycles. The average Bonchev–Trinajstić information content (AvgIpc) is 2.98. The molecule has 0 radical (unpaired) electrons. The van der Waals surface area contributed by atoms with Crippen molar-refractivity contribution in [3.05, 3.63) is 64.6 Å². The molecule has 0 aromatic heterocycles. The van der Waals surface area contributed by atoms with E-state index in [-0.39, 0.29) is 18.9 Å². The third-order valence-corrected chi connectivity index (χ3v) is 5.52. The highest BCUT2D eigenvalue weighted by molar-refractivity contribution is 8.26. The minimum atomic E-state index is -0.974. The van der Waals surface area contributed by atoms with Gasteiger partial charge in [-0.15, -0.1) is 0 Å². The number of carboxylic acids is 1. The quantitative estimate of drug-likeness (QED) is 0.503. The number of hydrogen-bond donors (Lipinski definition) is 1. The molecule has 0 spiro atoms. The largest absolute Gasteiger partial charge is 0.493 e. The number of thioether (sulfide) groups is 1. The summed E-state index contributed by atoms with van der Waals surface area (Å²) in [6.07, 6.45) is 1.56. The minimum absolute atomic E-state index is 0.0609. The van der Waals surface area contributed by atoms with E-state index in [9.17, 15) is 9.59 Å². The van der Waals surface area contributed by atoms with Gasteiger partial charge in [0.05, 0.1) is 18.4 Å². The molecule has 1 fully saturated rings. The maximum absolute atomic E-state index is 12.6. The molecule has 29 heavy (non-hydrogen) atoms. The zero-order valence-corrected chi connectivity index (χ0v) is 17.3. The van der Waals surface area contributed by atoms with Crippen molar-refractivity contribution in [1.29, 1.82) is 0 Å². The summed E-state index contributed by atoms with van der Waals surface area (Å²) in [5, 5.41) is 8.83. The van der Waals surface area contributed by atoms with Crippen LogP contribution in [0, 0.1) is 0 Å². The van der Waals surface area contributed by atoms with Crippen LogP contribution in [0.5, 0.6) is 11.5 Å². The van der Waals surface area contributed by atoms with Crippen molar-refractivity contribution in [3.8, 4) is 11.5 Å². The summed E-state index contributed by atoms with van der Waals surface area (Å²) in [6.45, 7) is 0.448. The van der Waals surface area contributed by atoms with E-state index in [0.29, 0.717) is 27.3 Å². The van der Waals surface area contributed by atoms with Gasteiger partial charge in [0, 0.05) is 6.54 Å². The van der Waals surface area contributed by atoms with Crippen LogP contribution in [0.3, 0.4) is 0 Å². The molecule has 1 aliphatic heterocycles. The number of thiocarbonyl (C=S) groups is 1. The third-order valence-electron chi connectivity index (χ3n) is 4.15. The summed E-state index contributed by atoms with van der Waals surface area (Å²) in [4.78, 5) is 25.1. The van der Waals surface area contributed by atoms with Crippen molar-refractivity contribution >= 4 is 46.3 Å². The number of aliphatic carboxylic acids is 1. The number of nitrogens with zero attached hydrogens (tertiary/aromatic N) is 1. The van der Waals surface area contributed by atoms with E-state index in [1.807, 2.05) is 36.4 Å². The summed E-state index contributed by atoms with van der Waals surface area (Å²) < 4.78 is 11.6. The van der Waals surface area contributed by atoms with Crippen molar-refractivity contribution in [2.24, 2.45) is 0 Å². The Labute approximate surface area is 178 Å². The van der Waals surface area contributed by atoms with E-state index in [1.54, 1.807) is 25.3 Å². The van der Waals surface area contributed by atoms with Crippen molar-refractivity contribution in [2.75, 3.05) is 13.7 Å². The van der Waals surface area contributed by atoms with Gasteiger partial charge in [-0.05, 0) is 29.3 Å². The molecule has 0 aliphatic carbocycles. The smallest absolute Gasteiger partial charge is 0.305 e. The van der Waals surface area contributed by atoms with Crippen LogP contribution in [0.25, 0.3) is 6.08 Å². The Morgan fingerprint density at radius 2 is 1.97 bits per heavy atom. The van der Waals surface area contributed by atoms with E-state index in [1.165, 1.54) is 4.90 Å². The first-order chi connectivity index (χ1) is 14.0. The van der Waals surface area contributed by atoms with Crippen molar-refractivity contribution in [3.63, 3.8) is 0 Å². The number of rotatable bonds is 8. The zero-order chi connectivity index (χ0) is 20.8. The van der Waals surface area contributed by atoms with Gasteiger partial charge in [-0.25, -0.2) is 0 Å². The van der Waals surface area contributed by atoms with Crippen LogP contribution < -0.4 is 9.47 Å². The molecule has 1 aliphatic rings. The van der Waals surface area contributed by atoms with Gasteiger partial charge in [0.2, 0.25) is 0 Å². The van der Waals surface area contributed by atoms with E-state index < -0.39 is 5.97 Å². The molecule has 0 saturated carbocycles. The molecule has 1 saturated heterocycles. The van der Waals surface area contributed by atoms with Crippen LogP contribution in [0.1, 0.15) is 17.5 Å². The van der Waals surface area contributed by atoms with Gasteiger partial charge >= 0.3 is 5.97 Å². The van der Waals surface area contributed by atoms with E-state index >= 15 is 0 Å². The summed E-state index contributed by atoms with van der Waals surface area (Å²) in [5.41, 5.74) is 1.78. The number of methoxy groups -OCH3 is 1. The predicted octanol–water partition coefficient (Wildman–Crippen LogP) is 3.95. The molecular formula is C21H19NO5S2. The number of benzene rings is 2. The van der Waals surface area contributed by atoms with Gasteiger partial charge in [-0.1, -0.05) is 60.4 Å². The number of carbonyl (C=O) groups excluding carboxylic acids is 1. The lowest BCUT2D eigenvalue weighted by molar-refractivity contribution is -0.137. The highest BCUT2D eigenvalue weighted by atomic mass is 32.2. The number of amides is 1. The number of hydrogen-bond acceptors (Lipinski definition) is 6.